The molecular weight excluding hydrogens is 308 g/mol. The smallest absolute Gasteiger partial charge is 0.340 e. The Balaban J connectivity index is 1.88. The summed E-state index contributed by atoms with van der Waals surface area (Å²) in [5.74, 6) is -0.319. The second-order valence-electron chi connectivity index (χ2n) is 6.29. The number of fused-ring (bicyclic) bond motifs is 1. The lowest BCUT2D eigenvalue weighted by Crippen LogP contribution is -2.45. The molecule has 0 radical (unpaired) electrons. The van der Waals surface area contributed by atoms with Gasteiger partial charge in [0.2, 0.25) is 0 Å². The normalized spacial score (nSPS) is 21.4. The number of ether oxygens (including phenoxy) is 3. The highest BCUT2D eigenvalue weighted by molar-refractivity contribution is 6.05. The maximum Gasteiger partial charge on any atom is 0.340 e. The lowest BCUT2D eigenvalue weighted by atomic mass is 10.1. The second-order valence-corrected chi connectivity index (χ2v) is 6.29. The largest absolute Gasteiger partial charge is 0.465 e. The van der Waals surface area contributed by atoms with Crippen LogP contribution in [-0.2, 0) is 20.8 Å². The molecule has 0 spiro atoms. The number of carbonyl (C=O) groups excluding carboxylic acids is 1. The van der Waals surface area contributed by atoms with E-state index in [0.717, 1.165) is 16.6 Å². The first-order valence-electron chi connectivity index (χ1n) is 8.08. The van der Waals surface area contributed by atoms with Gasteiger partial charge in [-0.25, -0.2) is 4.79 Å². The van der Waals surface area contributed by atoms with E-state index in [-0.39, 0.29) is 18.3 Å². The van der Waals surface area contributed by atoms with Crippen LogP contribution in [0, 0.1) is 6.92 Å². The summed E-state index contributed by atoms with van der Waals surface area (Å²) < 4.78 is 18.7. The molecule has 3 rings (SSSR count). The van der Waals surface area contributed by atoms with Gasteiger partial charge in [0.15, 0.2) is 6.29 Å². The van der Waals surface area contributed by atoms with Gasteiger partial charge in [-0.1, -0.05) is 18.2 Å². The predicted molar refractivity (Wildman–Crippen MR) is 91.2 cm³/mol. The number of methoxy groups -OCH3 is 1. The van der Waals surface area contributed by atoms with Crippen molar-refractivity contribution in [2.24, 2.45) is 0 Å². The Labute approximate surface area is 141 Å². The van der Waals surface area contributed by atoms with Crippen LogP contribution in [0.15, 0.2) is 24.3 Å². The quantitative estimate of drug-likeness (QED) is 0.802. The van der Waals surface area contributed by atoms with Crippen LogP contribution in [0.2, 0.25) is 0 Å². The molecule has 0 unspecified atom stereocenters. The van der Waals surface area contributed by atoms with Crippen LogP contribution in [0.25, 0.3) is 10.9 Å². The maximum atomic E-state index is 12.2. The van der Waals surface area contributed by atoms with E-state index in [1.165, 1.54) is 7.11 Å². The van der Waals surface area contributed by atoms with E-state index < -0.39 is 0 Å². The fourth-order valence-electron chi connectivity index (χ4n) is 3.11. The van der Waals surface area contributed by atoms with Gasteiger partial charge in [0.05, 0.1) is 38.5 Å². The standard InChI is InChI=1S/C18H24N2O4/c1-12-17(18(21)22-4)14-7-5-6-8-15(14)20(12)9-16-23-10-13(11-24-16)19(2)3/h5-8,13,16H,9-11H2,1-4H3. The molecule has 1 aliphatic heterocycles. The number of esters is 1. The Morgan fingerprint density at radius 2 is 1.96 bits per heavy atom. The van der Waals surface area contributed by atoms with Crippen LogP contribution in [0.5, 0.6) is 0 Å². The zero-order valence-corrected chi connectivity index (χ0v) is 14.6. The molecule has 1 aromatic carbocycles. The number of aromatic nitrogens is 1. The summed E-state index contributed by atoms with van der Waals surface area (Å²) in [6, 6.07) is 8.10. The van der Waals surface area contributed by atoms with E-state index in [9.17, 15) is 4.79 Å². The van der Waals surface area contributed by atoms with Gasteiger partial charge in [-0.3, -0.25) is 0 Å². The minimum Gasteiger partial charge on any atom is -0.465 e. The van der Waals surface area contributed by atoms with Crippen molar-refractivity contribution < 1.29 is 19.0 Å². The predicted octanol–water partition coefficient (Wildman–Crippen LogP) is 2.04. The number of benzene rings is 1. The van der Waals surface area contributed by atoms with Crippen LogP contribution < -0.4 is 0 Å². The summed E-state index contributed by atoms with van der Waals surface area (Å²) in [5.41, 5.74) is 2.46. The molecule has 0 amide bonds. The highest BCUT2D eigenvalue weighted by Gasteiger charge is 2.26. The van der Waals surface area contributed by atoms with Gasteiger partial charge in [0.1, 0.15) is 0 Å². The fourth-order valence-corrected chi connectivity index (χ4v) is 3.11. The molecule has 1 aliphatic rings. The maximum absolute atomic E-state index is 12.2. The Morgan fingerprint density at radius 1 is 1.29 bits per heavy atom. The summed E-state index contributed by atoms with van der Waals surface area (Å²) in [6.45, 7) is 3.75. The number of para-hydroxylation sites is 1. The van der Waals surface area contributed by atoms with Crippen LogP contribution in [0.1, 0.15) is 16.1 Å². The van der Waals surface area contributed by atoms with Crippen molar-refractivity contribution in [3.63, 3.8) is 0 Å². The molecular formula is C18H24N2O4. The van der Waals surface area contributed by atoms with E-state index >= 15 is 0 Å². The molecule has 0 aliphatic carbocycles. The average Bonchev–Trinajstić information content (AvgIpc) is 2.87. The molecule has 0 bridgehead atoms. The number of likely N-dealkylation sites (N-methyl/N-ethyl adjacent to an activating group) is 1. The molecule has 1 fully saturated rings. The molecule has 0 atom stereocenters. The lowest BCUT2D eigenvalue weighted by Gasteiger charge is -2.33. The van der Waals surface area contributed by atoms with Gasteiger partial charge in [-0.2, -0.15) is 0 Å². The van der Waals surface area contributed by atoms with E-state index in [4.69, 9.17) is 14.2 Å². The minimum absolute atomic E-state index is 0.273. The number of rotatable bonds is 4. The molecule has 130 valence electrons. The van der Waals surface area contributed by atoms with Crippen LogP contribution in [0.3, 0.4) is 0 Å². The number of hydrogen-bond donors (Lipinski definition) is 0. The summed E-state index contributed by atoms with van der Waals surface area (Å²) in [6.07, 6.45) is -0.318. The van der Waals surface area contributed by atoms with Crippen molar-refractivity contribution in [1.29, 1.82) is 0 Å². The Hall–Kier alpha value is -1.89. The van der Waals surface area contributed by atoms with Crippen molar-refractivity contribution in [1.82, 2.24) is 9.47 Å². The molecule has 1 aromatic heterocycles. The fraction of sp³-hybridized carbons (Fsp3) is 0.500. The SMILES string of the molecule is COC(=O)c1c(C)n(CC2OCC(N(C)C)CO2)c2ccccc12. The van der Waals surface area contributed by atoms with Gasteiger partial charge < -0.3 is 23.7 Å². The zero-order chi connectivity index (χ0) is 17.3. The van der Waals surface area contributed by atoms with E-state index in [0.29, 0.717) is 25.3 Å². The monoisotopic (exact) mass is 332 g/mol. The highest BCUT2D eigenvalue weighted by atomic mass is 16.7. The van der Waals surface area contributed by atoms with Crippen molar-refractivity contribution in [2.75, 3.05) is 34.4 Å². The van der Waals surface area contributed by atoms with Crippen LogP contribution >= 0.6 is 0 Å². The molecule has 0 saturated carbocycles. The van der Waals surface area contributed by atoms with Gasteiger partial charge in [0.25, 0.3) is 0 Å². The molecule has 0 N–H and O–H groups in total. The zero-order valence-electron chi connectivity index (χ0n) is 14.6. The van der Waals surface area contributed by atoms with Crippen LogP contribution in [-0.4, -0.2) is 62.2 Å². The summed E-state index contributed by atoms with van der Waals surface area (Å²) >= 11 is 0. The third-order valence-electron chi connectivity index (χ3n) is 4.63. The number of hydrogen-bond acceptors (Lipinski definition) is 5. The highest BCUT2D eigenvalue weighted by Crippen LogP contribution is 2.27. The summed E-state index contributed by atoms with van der Waals surface area (Å²) in [7, 11) is 5.44. The Kier molecular flexibility index (Phi) is 4.89. The van der Waals surface area contributed by atoms with Gasteiger partial charge >= 0.3 is 5.97 Å². The van der Waals surface area contributed by atoms with Gasteiger partial charge in [-0.05, 0) is 27.1 Å². The van der Waals surface area contributed by atoms with Crippen LogP contribution in [0.4, 0.5) is 0 Å². The van der Waals surface area contributed by atoms with Gasteiger partial charge in [-0.15, -0.1) is 0 Å². The first-order valence-corrected chi connectivity index (χ1v) is 8.08. The van der Waals surface area contributed by atoms with E-state index in [1.54, 1.807) is 0 Å². The van der Waals surface area contributed by atoms with Crippen molar-refractivity contribution in [3.8, 4) is 0 Å². The first kappa shape index (κ1) is 17.0. The Bertz CT molecular complexity index is 730. The molecule has 24 heavy (non-hydrogen) atoms. The number of nitrogens with zero attached hydrogens (tertiary/aromatic N) is 2. The summed E-state index contributed by atoms with van der Waals surface area (Å²) in [5, 5.41) is 0.892. The minimum atomic E-state index is -0.319. The second kappa shape index (κ2) is 6.93. The van der Waals surface area contributed by atoms with E-state index in [1.807, 2.05) is 45.3 Å². The number of carbonyl (C=O) groups is 1. The lowest BCUT2D eigenvalue weighted by molar-refractivity contribution is -0.206. The van der Waals surface area contributed by atoms with Crippen molar-refractivity contribution in [3.05, 3.63) is 35.5 Å². The van der Waals surface area contributed by atoms with Crippen molar-refractivity contribution >= 4 is 16.9 Å². The molecule has 2 heterocycles. The molecule has 2 aromatic rings. The molecule has 1 saturated heterocycles. The van der Waals surface area contributed by atoms with Crippen molar-refractivity contribution in [2.45, 2.75) is 25.8 Å². The Morgan fingerprint density at radius 3 is 2.58 bits per heavy atom. The third-order valence-corrected chi connectivity index (χ3v) is 4.63. The summed E-state index contributed by atoms with van der Waals surface area (Å²) in [4.78, 5) is 14.3. The van der Waals surface area contributed by atoms with Gasteiger partial charge in [0, 0.05) is 16.6 Å². The average molecular weight is 332 g/mol. The molecule has 6 nitrogen and oxygen atoms in total. The molecule has 6 heteroatoms. The first-order chi connectivity index (χ1) is 11.5. The van der Waals surface area contributed by atoms with E-state index in [2.05, 4.69) is 9.47 Å². The topological polar surface area (TPSA) is 52.9 Å². The third kappa shape index (κ3) is 3.05.